The summed E-state index contributed by atoms with van der Waals surface area (Å²) in [6.45, 7) is 9.86. The van der Waals surface area contributed by atoms with Crippen molar-refractivity contribution < 1.29 is 18.4 Å². The first kappa shape index (κ1) is 16.4. The van der Waals surface area contributed by atoms with Gasteiger partial charge in [0.25, 0.3) is 0 Å². The van der Waals surface area contributed by atoms with E-state index in [1.165, 1.54) is 0 Å². The lowest BCUT2D eigenvalue weighted by Crippen LogP contribution is -2.25. The molecule has 1 N–H and O–H groups in total. The first-order valence-corrected chi connectivity index (χ1v) is 7.49. The Bertz CT molecular complexity index is 294. The van der Waals surface area contributed by atoms with E-state index in [1.54, 1.807) is 20.8 Å². The number of carbonyl (C=O) groups is 1. The molecule has 0 aliphatic rings. The highest BCUT2D eigenvalue weighted by Crippen LogP contribution is 2.48. The molecule has 0 fully saturated rings. The molecule has 0 spiro atoms. The van der Waals surface area contributed by atoms with E-state index in [9.17, 15) is 9.36 Å². The number of rotatable bonds is 9. The van der Waals surface area contributed by atoms with Crippen molar-refractivity contribution in [1.82, 2.24) is 5.32 Å². The molecule has 100 valence electrons. The van der Waals surface area contributed by atoms with Crippen molar-refractivity contribution in [2.75, 3.05) is 25.9 Å². The summed E-state index contributed by atoms with van der Waals surface area (Å²) in [5, 5.41) is 2.67. The van der Waals surface area contributed by atoms with Gasteiger partial charge in [0.2, 0.25) is 5.91 Å². The minimum atomic E-state index is -2.98. The van der Waals surface area contributed by atoms with Crippen LogP contribution in [0, 0.1) is 0 Å². The molecule has 0 rings (SSSR count). The van der Waals surface area contributed by atoms with Gasteiger partial charge in [0.1, 0.15) is 0 Å². The van der Waals surface area contributed by atoms with Crippen molar-refractivity contribution in [3.05, 3.63) is 12.2 Å². The lowest BCUT2D eigenvalue weighted by Gasteiger charge is -2.16. The van der Waals surface area contributed by atoms with Crippen molar-refractivity contribution in [2.45, 2.75) is 27.2 Å². The van der Waals surface area contributed by atoms with E-state index in [-0.39, 0.29) is 5.91 Å². The van der Waals surface area contributed by atoms with Crippen LogP contribution < -0.4 is 5.32 Å². The molecule has 0 atom stereocenters. The first-order chi connectivity index (χ1) is 7.95. The van der Waals surface area contributed by atoms with E-state index in [0.29, 0.717) is 37.9 Å². The van der Waals surface area contributed by atoms with Gasteiger partial charge < -0.3 is 14.4 Å². The second-order valence-electron chi connectivity index (χ2n) is 3.56. The van der Waals surface area contributed by atoms with Crippen LogP contribution in [0.15, 0.2) is 12.2 Å². The average Bonchev–Trinajstić information content (AvgIpc) is 2.24. The minimum Gasteiger partial charge on any atom is -0.352 e. The van der Waals surface area contributed by atoms with Gasteiger partial charge in [0.05, 0.1) is 19.4 Å². The molecule has 0 radical (unpaired) electrons. The number of amides is 1. The highest BCUT2D eigenvalue weighted by molar-refractivity contribution is 7.53. The molecule has 0 aliphatic carbocycles. The van der Waals surface area contributed by atoms with Crippen LogP contribution >= 0.6 is 7.60 Å². The molecule has 17 heavy (non-hydrogen) atoms. The summed E-state index contributed by atoms with van der Waals surface area (Å²) in [4.78, 5) is 11.2. The Hall–Kier alpha value is -0.640. The normalized spacial score (nSPS) is 11.2. The third-order valence-corrected chi connectivity index (χ3v) is 4.10. The van der Waals surface area contributed by atoms with Crippen LogP contribution in [-0.2, 0) is 18.4 Å². The van der Waals surface area contributed by atoms with Crippen LogP contribution in [0.1, 0.15) is 27.2 Å². The lowest BCUT2D eigenvalue weighted by molar-refractivity contribution is -0.117. The summed E-state index contributed by atoms with van der Waals surface area (Å²) in [5.74, 6) is -0.187. The van der Waals surface area contributed by atoms with Crippen molar-refractivity contribution in [3.8, 4) is 0 Å². The summed E-state index contributed by atoms with van der Waals surface area (Å²) in [6, 6.07) is 0. The molecular weight excluding hydrogens is 241 g/mol. The fourth-order valence-corrected chi connectivity index (χ4v) is 2.85. The highest BCUT2D eigenvalue weighted by Gasteiger charge is 2.22. The molecular formula is C11H22NO4P. The predicted octanol–water partition coefficient (Wildman–Crippen LogP) is 2.33. The zero-order valence-corrected chi connectivity index (χ0v) is 11.7. The number of carbonyl (C=O) groups excluding carboxylic acids is 1. The van der Waals surface area contributed by atoms with E-state index in [1.807, 2.05) is 0 Å². The zero-order valence-electron chi connectivity index (χ0n) is 10.8. The molecule has 0 heterocycles. The number of hydrogen-bond donors (Lipinski definition) is 1. The number of hydrogen-bond acceptors (Lipinski definition) is 4. The van der Waals surface area contributed by atoms with Gasteiger partial charge in [-0.05, 0) is 27.2 Å². The van der Waals surface area contributed by atoms with Crippen LogP contribution in [0.4, 0.5) is 0 Å². The van der Waals surface area contributed by atoms with Crippen LogP contribution in [-0.4, -0.2) is 31.8 Å². The largest absolute Gasteiger partial charge is 0.352 e. The molecule has 0 aliphatic heterocycles. The van der Waals surface area contributed by atoms with Gasteiger partial charge in [-0.25, -0.2) is 0 Å². The van der Waals surface area contributed by atoms with Crippen LogP contribution in [0.25, 0.3) is 0 Å². The van der Waals surface area contributed by atoms with E-state index < -0.39 is 7.60 Å². The van der Waals surface area contributed by atoms with Gasteiger partial charge in [-0.2, -0.15) is 0 Å². The quantitative estimate of drug-likeness (QED) is 0.394. The van der Waals surface area contributed by atoms with E-state index in [2.05, 4.69) is 11.9 Å². The zero-order chi connectivity index (χ0) is 13.3. The van der Waals surface area contributed by atoms with Crippen LogP contribution in [0.5, 0.6) is 0 Å². The Morgan fingerprint density at radius 2 is 1.82 bits per heavy atom. The van der Waals surface area contributed by atoms with Gasteiger partial charge >= 0.3 is 7.60 Å². The third-order valence-electron chi connectivity index (χ3n) is 1.93. The summed E-state index contributed by atoms with van der Waals surface area (Å²) < 4.78 is 22.3. The molecule has 0 saturated heterocycles. The van der Waals surface area contributed by atoms with E-state index in [4.69, 9.17) is 9.05 Å². The average molecular weight is 263 g/mol. The van der Waals surface area contributed by atoms with Crippen LogP contribution in [0.3, 0.4) is 0 Å². The lowest BCUT2D eigenvalue weighted by atomic mass is 10.3. The molecule has 5 nitrogen and oxygen atoms in total. The SMILES string of the molecule is C=C(C)C(=O)NCCCP(=O)(OCC)OCC. The van der Waals surface area contributed by atoms with Gasteiger partial charge in [0, 0.05) is 12.1 Å². The monoisotopic (exact) mass is 263 g/mol. The minimum absolute atomic E-state index is 0.187. The number of nitrogens with one attached hydrogen (secondary N) is 1. The summed E-state index contributed by atoms with van der Waals surface area (Å²) in [7, 11) is -2.98. The topological polar surface area (TPSA) is 64.6 Å². The maximum atomic E-state index is 12.0. The molecule has 1 amide bonds. The summed E-state index contributed by atoms with van der Waals surface area (Å²) >= 11 is 0. The third kappa shape index (κ3) is 7.31. The maximum absolute atomic E-state index is 12.0. The van der Waals surface area contributed by atoms with Gasteiger partial charge in [-0.3, -0.25) is 9.36 Å². The van der Waals surface area contributed by atoms with E-state index in [0.717, 1.165) is 0 Å². The van der Waals surface area contributed by atoms with Gasteiger partial charge in [-0.1, -0.05) is 6.58 Å². The molecule has 0 aromatic rings. The molecule has 6 heteroatoms. The first-order valence-electron chi connectivity index (χ1n) is 5.77. The van der Waals surface area contributed by atoms with Crippen molar-refractivity contribution in [3.63, 3.8) is 0 Å². The van der Waals surface area contributed by atoms with Crippen molar-refractivity contribution in [1.29, 1.82) is 0 Å². The smallest absolute Gasteiger partial charge is 0.330 e. The Labute approximate surface area is 103 Å². The maximum Gasteiger partial charge on any atom is 0.330 e. The van der Waals surface area contributed by atoms with E-state index >= 15 is 0 Å². The van der Waals surface area contributed by atoms with Gasteiger partial charge in [-0.15, -0.1) is 0 Å². The second kappa shape index (κ2) is 8.45. The fourth-order valence-electron chi connectivity index (χ4n) is 1.19. The molecule has 0 aromatic heterocycles. The standard InChI is InChI=1S/C11H22NO4P/c1-5-15-17(14,16-6-2)9-7-8-12-11(13)10(3)4/h3,5-9H2,1-2,4H3,(H,12,13). The van der Waals surface area contributed by atoms with Crippen molar-refractivity contribution in [2.24, 2.45) is 0 Å². The Kier molecular flexibility index (Phi) is 8.13. The van der Waals surface area contributed by atoms with Crippen LogP contribution in [0.2, 0.25) is 0 Å². The Morgan fingerprint density at radius 3 is 2.24 bits per heavy atom. The molecule has 0 unspecified atom stereocenters. The summed E-state index contributed by atoms with van der Waals surface area (Å²) in [6.07, 6.45) is 0.863. The van der Waals surface area contributed by atoms with Crippen molar-refractivity contribution >= 4 is 13.5 Å². The molecule has 0 bridgehead atoms. The molecule has 0 aromatic carbocycles. The summed E-state index contributed by atoms with van der Waals surface area (Å²) in [5.41, 5.74) is 0.461. The predicted molar refractivity (Wildman–Crippen MR) is 68.2 cm³/mol. The Morgan fingerprint density at radius 1 is 1.29 bits per heavy atom. The molecule has 0 saturated carbocycles. The fraction of sp³-hybridized carbons (Fsp3) is 0.727. The second-order valence-corrected chi connectivity index (χ2v) is 5.75. The van der Waals surface area contributed by atoms with Gasteiger partial charge in [0.15, 0.2) is 0 Å². The Balaban J connectivity index is 3.95. The highest BCUT2D eigenvalue weighted by atomic mass is 31.2.